The van der Waals surface area contributed by atoms with Crippen molar-refractivity contribution in [2.24, 2.45) is 0 Å². The monoisotopic (exact) mass is 785 g/mol. The molecule has 4 aromatic carbocycles. The average Bonchev–Trinajstić information content (AvgIpc) is 3.46. The van der Waals surface area contributed by atoms with Crippen molar-refractivity contribution in [2.75, 3.05) is 0 Å². The molecule has 0 amide bonds. The number of nitrogens with zero attached hydrogens (tertiary/aromatic N) is 3. The second kappa shape index (κ2) is 14.3. The van der Waals surface area contributed by atoms with Gasteiger partial charge in [-0.05, 0) is 115 Å². The third kappa shape index (κ3) is 8.02. The largest absolute Gasteiger partial charge is 0.294 e. The predicted octanol–water partition coefficient (Wildman–Crippen LogP) is 15.4. The summed E-state index contributed by atoms with van der Waals surface area (Å²) in [6, 6.07) is 36.4. The van der Waals surface area contributed by atoms with E-state index in [0.717, 1.165) is 49.8 Å². The van der Waals surface area contributed by atoms with Crippen LogP contribution in [0.5, 0.6) is 0 Å². The summed E-state index contributed by atoms with van der Waals surface area (Å²) in [4.78, 5) is 11.5. The summed E-state index contributed by atoms with van der Waals surface area (Å²) >= 11 is 5.28. The van der Waals surface area contributed by atoms with Gasteiger partial charge in [0.2, 0.25) is 0 Å². The number of hydrogen-bond donors (Lipinski definition) is 1. The van der Waals surface area contributed by atoms with Crippen molar-refractivity contribution < 1.29 is 0 Å². The van der Waals surface area contributed by atoms with Gasteiger partial charge < -0.3 is 0 Å². The molecule has 3 nitrogen and oxygen atoms in total. The molecule has 3 heterocycles. The third-order valence-corrected chi connectivity index (χ3v) is 12.2. The van der Waals surface area contributed by atoms with Crippen molar-refractivity contribution in [3.8, 4) is 39.5 Å². The van der Waals surface area contributed by atoms with Gasteiger partial charge in [0.25, 0.3) is 0 Å². The highest BCUT2D eigenvalue weighted by Crippen LogP contribution is 2.43. The Balaban J connectivity index is 1.50. The Bertz CT molecular complexity index is 2680. The first-order chi connectivity index (χ1) is 26.8. The van der Waals surface area contributed by atoms with E-state index in [1.807, 2.05) is 6.20 Å². The van der Waals surface area contributed by atoms with Gasteiger partial charge in [-0.25, -0.2) is 4.98 Å². The first-order valence-corrected chi connectivity index (χ1v) is 21.3. The molecule has 3 aromatic heterocycles. The fourth-order valence-corrected chi connectivity index (χ4v) is 8.44. The summed E-state index contributed by atoms with van der Waals surface area (Å²) < 4.78 is 2.38. The highest BCUT2D eigenvalue weighted by atomic mass is 32.1. The lowest BCUT2D eigenvalue weighted by Gasteiger charge is -2.29. The lowest BCUT2D eigenvalue weighted by molar-refractivity contribution is 0.560. The van der Waals surface area contributed by atoms with Crippen molar-refractivity contribution in [3.63, 3.8) is 0 Å². The van der Waals surface area contributed by atoms with Gasteiger partial charge in [0, 0.05) is 33.0 Å². The molecule has 0 bridgehead atoms. The Morgan fingerprint density at radius 3 is 1.62 bits per heavy atom. The van der Waals surface area contributed by atoms with Gasteiger partial charge >= 0.3 is 0 Å². The number of rotatable bonds is 4. The summed E-state index contributed by atoms with van der Waals surface area (Å²) in [6.07, 6.45) is 1.94. The summed E-state index contributed by atoms with van der Waals surface area (Å²) in [5.74, 6) is 0.898. The van der Waals surface area contributed by atoms with Crippen LogP contribution in [-0.4, -0.2) is 14.5 Å². The zero-order valence-electron chi connectivity index (χ0n) is 37.6. The topological polar surface area (TPSA) is 30.7 Å². The molecule has 0 aliphatic rings. The number of aromatic nitrogens is 3. The van der Waals surface area contributed by atoms with Gasteiger partial charge in [0.05, 0.1) is 22.4 Å². The molecule has 0 N–H and O–H groups in total. The van der Waals surface area contributed by atoms with Crippen LogP contribution < -0.4 is 0 Å². The standard InChI is InChI=1S/C54H63N3S/c1-50(2,3)36-19-16-33(17-20-36)34-24-25-55-44(26-34)35-18-22-40-41-28-37(51(4,5)6)21-23-46(41)57(47(40)27-35)48-32-39(53(10,11)12)31-45(56-48)42-29-38(52(7,8)9)30-43(49(42)58)54(13,14)15/h16-32,58H,1-15H3. The van der Waals surface area contributed by atoms with E-state index in [0.29, 0.717) is 0 Å². The summed E-state index contributed by atoms with van der Waals surface area (Å²) in [5.41, 5.74) is 14.8. The molecule has 7 aromatic rings. The van der Waals surface area contributed by atoms with E-state index in [9.17, 15) is 0 Å². The minimum Gasteiger partial charge on any atom is -0.294 e. The molecule has 4 heteroatoms. The van der Waals surface area contributed by atoms with Crippen LogP contribution in [0, 0.1) is 0 Å². The van der Waals surface area contributed by atoms with E-state index in [1.54, 1.807) is 0 Å². The zero-order chi connectivity index (χ0) is 42.3. The number of hydrogen-bond acceptors (Lipinski definition) is 3. The molecule has 58 heavy (non-hydrogen) atoms. The average molecular weight is 786 g/mol. The van der Waals surface area contributed by atoms with Crippen LogP contribution in [0.4, 0.5) is 0 Å². The van der Waals surface area contributed by atoms with E-state index >= 15 is 0 Å². The van der Waals surface area contributed by atoms with Gasteiger partial charge in [-0.1, -0.05) is 152 Å². The molecule has 0 aliphatic heterocycles. The van der Waals surface area contributed by atoms with Crippen LogP contribution >= 0.6 is 12.6 Å². The molecule has 0 aliphatic carbocycles. The third-order valence-electron chi connectivity index (χ3n) is 11.7. The van der Waals surface area contributed by atoms with E-state index in [4.69, 9.17) is 22.6 Å². The minimum atomic E-state index is -0.129. The molecule has 0 unspecified atom stereocenters. The molecule has 300 valence electrons. The Morgan fingerprint density at radius 1 is 0.431 bits per heavy atom. The Labute approximate surface area is 353 Å². The number of thiol groups is 1. The maximum atomic E-state index is 5.62. The molecule has 0 fully saturated rings. The van der Waals surface area contributed by atoms with E-state index in [-0.39, 0.29) is 27.1 Å². The van der Waals surface area contributed by atoms with Crippen molar-refractivity contribution in [1.29, 1.82) is 0 Å². The molecule has 7 rings (SSSR count). The first-order valence-electron chi connectivity index (χ1n) is 20.9. The predicted molar refractivity (Wildman–Crippen MR) is 253 cm³/mol. The van der Waals surface area contributed by atoms with Crippen LogP contribution in [0.2, 0.25) is 0 Å². The zero-order valence-corrected chi connectivity index (χ0v) is 38.5. The Kier molecular flexibility index (Phi) is 10.2. The van der Waals surface area contributed by atoms with Gasteiger partial charge in [0.1, 0.15) is 5.82 Å². The SMILES string of the molecule is CC(C)(C)c1ccc(-c2ccnc(-c3ccc4c5cc(C(C)(C)C)ccc5n(-c5cc(C(C)(C)C)cc(-c6cc(C(C)(C)C)cc(C(C)(C)C)c6S)n5)c4c3)c2)cc1. The lowest BCUT2D eigenvalue weighted by Crippen LogP contribution is -2.18. The molecule has 0 spiro atoms. The van der Waals surface area contributed by atoms with Gasteiger partial charge in [-0.3, -0.25) is 9.55 Å². The summed E-state index contributed by atoms with van der Waals surface area (Å²) in [6.45, 7) is 34.2. The minimum absolute atomic E-state index is 0.00136. The van der Waals surface area contributed by atoms with Gasteiger partial charge in [0.15, 0.2) is 0 Å². The van der Waals surface area contributed by atoms with Crippen molar-refractivity contribution in [2.45, 2.75) is 136 Å². The number of pyridine rings is 2. The fourth-order valence-electron chi connectivity index (χ4n) is 7.86. The number of benzene rings is 4. The van der Waals surface area contributed by atoms with Crippen molar-refractivity contribution in [1.82, 2.24) is 14.5 Å². The summed E-state index contributed by atoms with van der Waals surface area (Å²) in [5, 5.41) is 2.42. The first kappa shape index (κ1) is 41.5. The van der Waals surface area contributed by atoms with Crippen LogP contribution in [0.25, 0.3) is 61.3 Å². The fraction of sp³-hybridized carbons (Fsp3) is 0.370. The van der Waals surface area contributed by atoms with Crippen LogP contribution in [0.3, 0.4) is 0 Å². The van der Waals surface area contributed by atoms with Crippen LogP contribution in [-0.2, 0) is 27.1 Å². The number of fused-ring (bicyclic) bond motifs is 3. The maximum absolute atomic E-state index is 5.62. The molecule has 0 saturated heterocycles. The summed E-state index contributed by atoms with van der Waals surface area (Å²) in [7, 11) is 0. The quantitative estimate of drug-likeness (QED) is 0.180. The Morgan fingerprint density at radius 2 is 1.02 bits per heavy atom. The van der Waals surface area contributed by atoms with E-state index in [1.165, 1.54) is 44.2 Å². The van der Waals surface area contributed by atoms with Gasteiger partial charge in [-0.2, -0.15) is 0 Å². The second-order valence-electron chi connectivity index (χ2n) is 21.6. The molecular weight excluding hydrogens is 723 g/mol. The Hall–Kier alpha value is -4.67. The van der Waals surface area contributed by atoms with Crippen LogP contribution in [0.1, 0.15) is 132 Å². The van der Waals surface area contributed by atoms with Crippen LogP contribution in [0.15, 0.2) is 108 Å². The smallest absolute Gasteiger partial charge is 0.138 e. The second-order valence-corrected chi connectivity index (χ2v) is 22.0. The highest BCUT2D eigenvalue weighted by molar-refractivity contribution is 7.80. The molecule has 0 radical (unpaired) electrons. The van der Waals surface area contributed by atoms with E-state index in [2.05, 4.69) is 205 Å². The molecular formula is C54H63N3S. The normalized spacial score (nSPS) is 13.2. The maximum Gasteiger partial charge on any atom is 0.138 e. The lowest BCUT2D eigenvalue weighted by atomic mass is 9.78. The van der Waals surface area contributed by atoms with Gasteiger partial charge in [-0.15, -0.1) is 12.6 Å². The van der Waals surface area contributed by atoms with E-state index < -0.39 is 0 Å². The molecule has 0 saturated carbocycles. The van der Waals surface area contributed by atoms with Crippen molar-refractivity contribution >= 4 is 34.4 Å². The highest BCUT2D eigenvalue weighted by Gasteiger charge is 2.27. The van der Waals surface area contributed by atoms with Crippen molar-refractivity contribution in [3.05, 3.63) is 131 Å². The molecule has 0 atom stereocenters.